The second-order valence-corrected chi connectivity index (χ2v) is 9.40. The van der Waals surface area contributed by atoms with E-state index in [2.05, 4.69) is 15.1 Å². The number of carbonyl (C=O) groups excluding carboxylic acids is 1. The third kappa shape index (κ3) is 5.11. The molecule has 0 atom stereocenters. The zero-order valence-corrected chi connectivity index (χ0v) is 18.5. The normalized spacial score (nSPS) is 18.6. The number of benzene rings is 1. The fourth-order valence-corrected chi connectivity index (χ4v) is 5.43. The lowest BCUT2D eigenvalue weighted by atomic mass is 9.90. The molecule has 29 heavy (non-hydrogen) atoms. The van der Waals surface area contributed by atoms with Crippen LogP contribution in [0.1, 0.15) is 48.6 Å². The summed E-state index contributed by atoms with van der Waals surface area (Å²) in [6.07, 6.45) is 9.74. The Balaban J connectivity index is 1.31. The summed E-state index contributed by atoms with van der Waals surface area (Å²) >= 11 is 13.8. The molecule has 8 heteroatoms. The van der Waals surface area contributed by atoms with E-state index in [1.165, 1.54) is 37.1 Å². The van der Waals surface area contributed by atoms with Gasteiger partial charge in [-0.05, 0) is 36.6 Å². The highest BCUT2D eigenvalue weighted by Crippen LogP contribution is 2.36. The zero-order valence-electron chi connectivity index (χ0n) is 16.2. The third-order valence-electron chi connectivity index (χ3n) is 5.61. The second kappa shape index (κ2) is 9.45. The number of halogens is 2. The van der Waals surface area contributed by atoms with E-state index in [1.54, 1.807) is 35.6 Å². The van der Waals surface area contributed by atoms with Gasteiger partial charge in [-0.25, -0.2) is 0 Å². The molecule has 0 spiro atoms. The van der Waals surface area contributed by atoms with Crippen LogP contribution in [-0.2, 0) is 4.79 Å². The molecule has 1 aromatic heterocycles. The summed E-state index contributed by atoms with van der Waals surface area (Å²) in [6.45, 7) is 2.91. The van der Waals surface area contributed by atoms with Crippen LogP contribution in [0, 0.1) is 0 Å². The van der Waals surface area contributed by atoms with Crippen LogP contribution >= 0.6 is 34.5 Å². The first-order chi connectivity index (χ1) is 14.1. The Morgan fingerprint density at radius 2 is 1.83 bits per heavy atom. The van der Waals surface area contributed by atoms with Gasteiger partial charge in [-0.15, -0.1) is 10.2 Å². The Kier molecular flexibility index (Phi) is 6.73. The molecule has 1 aliphatic carbocycles. The Morgan fingerprint density at radius 1 is 1.07 bits per heavy atom. The van der Waals surface area contributed by atoms with Crippen LogP contribution in [0.5, 0.6) is 0 Å². The number of nitrogens with zero attached hydrogens (tertiary/aromatic N) is 4. The minimum Gasteiger partial charge on any atom is -0.343 e. The van der Waals surface area contributed by atoms with Gasteiger partial charge in [0, 0.05) is 48.2 Å². The van der Waals surface area contributed by atoms with Crippen LogP contribution in [0.25, 0.3) is 6.08 Å². The maximum absolute atomic E-state index is 12.5. The van der Waals surface area contributed by atoms with Gasteiger partial charge >= 0.3 is 0 Å². The van der Waals surface area contributed by atoms with Gasteiger partial charge in [0.2, 0.25) is 11.0 Å². The average Bonchev–Trinajstić information content (AvgIpc) is 3.24. The molecule has 2 fully saturated rings. The minimum absolute atomic E-state index is 0.00387. The van der Waals surface area contributed by atoms with E-state index in [-0.39, 0.29) is 5.91 Å². The number of piperazine rings is 1. The van der Waals surface area contributed by atoms with Gasteiger partial charge in [-0.3, -0.25) is 4.79 Å². The zero-order chi connectivity index (χ0) is 20.2. The number of aromatic nitrogens is 2. The molecule has 0 N–H and O–H groups in total. The summed E-state index contributed by atoms with van der Waals surface area (Å²) in [5.41, 5.74) is 0.784. The second-order valence-electron chi connectivity index (χ2n) is 7.57. The van der Waals surface area contributed by atoms with Gasteiger partial charge in [0.05, 0.1) is 0 Å². The Bertz CT molecular complexity index is 887. The molecular formula is C21H24Cl2N4OS. The van der Waals surface area contributed by atoms with Crippen LogP contribution in [0.3, 0.4) is 0 Å². The van der Waals surface area contributed by atoms with E-state index in [4.69, 9.17) is 23.2 Å². The average molecular weight is 451 g/mol. The summed E-state index contributed by atoms with van der Waals surface area (Å²) in [7, 11) is 0. The largest absolute Gasteiger partial charge is 0.343 e. The topological polar surface area (TPSA) is 49.3 Å². The van der Waals surface area contributed by atoms with Crippen molar-refractivity contribution in [3.8, 4) is 0 Å². The van der Waals surface area contributed by atoms with Gasteiger partial charge < -0.3 is 9.80 Å². The van der Waals surface area contributed by atoms with Crippen molar-refractivity contribution in [3.63, 3.8) is 0 Å². The minimum atomic E-state index is -0.00387. The van der Waals surface area contributed by atoms with Crippen molar-refractivity contribution < 1.29 is 4.79 Å². The lowest BCUT2D eigenvalue weighted by Crippen LogP contribution is -2.48. The maximum Gasteiger partial charge on any atom is 0.246 e. The number of rotatable bonds is 4. The fourth-order valence-electron chi connectivity index (χ4n) is 3.89. The lowest BCUT2D eigenvalue weighted by Gasteiger charge is -2.33. The lowest BCUT2D eigenvalue weighted by molar-refractivity contribution is -0.126. The summed E-state index contributed by atoms with van der Waals surface area (Å²) in [5, 5.41) is 12.2. The molecule has 2 heterocycles. The van der Waals surface area contributed by atoms with Crippen LogP contribution in [0.4, 0.5) is 5.13 Å². The first-order valence-electron chi connectivity index (χ1n) is 10.1. The number of hydrogen-bond donors (Lipinski definition) is 0. The standard InChI is InChI=1S/C21H24Cl2N4OS/c22-17-8-6-15(18(23)14-17)7-9-19(28)26-10-12-27(13-11-26)21-25-24-20(29-21)16-4-2-1-3-5-16/h6-9,14,16H,1-5,10-13H2/b9-7+. The molecule has 154 valence electrons. The van der Waals surface area contributed by atoms with E-state index in [0.29, 0.717) is 29.1 Å². The van der Waals surface area contributed by atoms with Crippen LogP contribution in [-0.4, -0.2) is 47.2 Å². The molecular weight excluding hydrogens is 427 g/mol. The van der Waals surface area contributed by atoms with Crippen molar-refractivity contribution >= 4 is 51.7 Å². The Morgan fingerprint density at radius 3 is 2.55 bits per heavy atom. The van der Waals surface area contributed by atoms with Crippen LogP contribution in [0.2, 0.25) is 10.0 Å². The quantitative estimate of drug-likeness (QED) is 0.596. The van der Waals surface area contributed by atoms with Crippen molar-refractivity contribution in [1.29, 1.82) is 0 Å². The molecule has 5 nitrogen and oxygen atoms in total. The van der Waals surface area contributed by atoms with Crippen LogP contribution in [0.15, 0.2) is 24.3 Å². The number of anilines is 1. The predicted octanol–water partition coefficient (Wildman–Crippen LogP) is 5.25. The molecule has 1 saturated heterocycles. The fraction of sp³-hybridized carbons (Fsp3) is 0.476. The van der Waals surface area contributed by atoms with Gasteiger partial charge in [0.15, 0.2) is 0 Å². The van der Waals surface area contributed by atoms with Crippen molar-refractivity contribution in [3.05, 3.63) is 44.9 Å². The van der Waals surface area contributed by atoms with Gasteiger partial charge in [0.1, 0.15) is 5.01 Å². The highest BCUT2D eigenvalue weighted by atomic mass is 35.5. The molecule has 1 aliphatic heterocycles. The maximum atomic E-state index is 12.5. The van der Waals surface area contributed by atoms with Crippen molar-refractivity contribution in [2.24, 2.45) is 0 Å². The Hall–Kier alpha value is -1.63. The van der Waals surface area contributed by atoms with Gasteiger partial charge in [-0.1, -0.05) is 59.9 Å². The molecule has 2 aromatic rings. The highest BCUT2D eigenvalue weighted by Gasteiger charge is 2.25. The van der Waals surface area contributed by atoms with E-state index in [1.807, 2.05) is 11.0 Å². The Labute approximate surface area is 185 Å². The van der Waals surface area contributed by atoms with Crippen molar-refractivity contribution in [2.75, 3.05) is 31.1 Å². The molecule has 0 bridgehead atoms. The van der Waals surface area contributed by atoms with E-state index < -0.39 is 0 Å². The smallest absolute Gasteiger partial charge is 0.246 e. The van der Waals surface area contributed by atoms with E-state index in [0.717, 1.165) is 23.8 Å². The SMILES string of the molecule is O=C(/C=C/c1ccc(Cl)cc1Cl)N1CCN(c2nnc(C3CCCCC3)s2)CC1. The number of hydrogen-bond acceptors (Lipinski definition) is 5. The molecule has 2 aliphatic rings. The number of carbonyl (C=O) groups is 1. The molecule has 0 radical (unpaired) electrons. The molecule has 0 unspecified atom stereocenters. The monoisotopic (exact) mass is 450 g/mol. The summed E-state index contributed by atoms with van der Waals surface area (Å²) in [5.74, 6) is 0.582. The predicted molar refractivity (Wildman–Crippen MR) is 120 cm³/mol. The first-order valence-corrected chi connectivity index (χ1v) is 11.7. The van der Waals surface area contributed by atoms with E-state index in [9.17, 15) is 4.79 Å². The highest BCUT2D eigenvalue weighted by molar-refractivity contribution is 7.15. The molecule has 4 rings (SSSR count). The van der Waals surface area contributed by atoms with Crippen molar-refractivity contribution in [1.82, 2.24) is 15.1 Å². The third-order valence-corrected chi connectivity index (χ3v) is 7.32. The number of amides is 1. The molecule has 1 amide bonds. The first kappa shape index (κ1) is 20.6. The molecule has 1 saturated carbocycles. The summed E-state index contributed by atoms with van der Waals surface area (Å²) in [4.78, 5) is 16.6. The molecule has 1 aromatic carbocycles. The summed E-state index contributed by atoms with van der Waals surface area (Å²) in [6, 6.07) is 5.25. The van der Waals surface area contributed by atoms with Gasteiger partial charge in [0.25, 0.3) is 0 Å². The van der Waals surface area contributed by atoms with Gasteiger partial charge in [-0.2, -0.15) is 0 Å². The van der Waals surface area contributed by atoms with Crippen molar-refractivity contribution in [2.45, 2.75) is 38.0 Å². The van der Waals surface area contributed by atoms with E-state index >= 15 is 0 Å². The summed E-state index contributed by atoms with van der Waals surface area (Å²) < 4.78 is 0. The van der Waals surface area contributed by atoms with Crippen LogP contribution < -0.4 is 4.90 Å².